The predicted octanol–water partition coefficient (Wildman–Crippen LogP) is 7.13. The molecule has 38 heavy (non-hydrogen) atoms. The summed E-state index contributed by atoms with van der Waals surface area (Å²) in [6, 6.07) is 7.77. The maximum atomic E-state index is 13.4. The van der Waals surface area contributed by atoms with Gasteiger partial charge in [0, 0.05) is 24.2 Å². The first-order chi connectivity index (χ1) is 17.9. The summed E-state index contributed by atoms with van der Waals surface area (Å²) in [5.41, 5.74) is -1.72. The lowest BCUT2D eigenvalue weighted by molar-refractivity contribution is -0.143. The summed E-state index contributed by atoms with van der Waals surface area (Å²) in [5, 5.41) is 10.7. The largest absolute Gasteiger partial charge is 0.508 e. The van der Waals surface area contributed by atoms with E-state index >= 15 is 0 Å². The highest BCUT2D eigenvalue weighted by molar-refractivity contribution is 5.83. The molecule has 1 aromatic heterocycles. The Kier molecular flexibility index (Phi) is 6.89. The molecule has 5 atom stereocenters. The van der Waals surface area contributed by atoms with Crippen molar-refractivity contribution in [3.8, 4) is 5.75 Å². The van der Waals surface area contributed by atoms with Gasteiger partial charge in [0.15, 0.2) is 0 Å². The van der Waals surface area contributed by atoms with E-state index in [0.29, 0.717) is 40.4 Å². The van der Waals surface area contributed by atoms with Gasteiger partial charge in [-0.15, -0.1) is 6.58 Å². The Labute approximate surface area is 215 Å². The summed E-state index contributed by atoms with van der Waals surface area (Å²) in [7, 11) is 0. The number of piperidine rings is 3. The van der Waals surface area contributed by atoms with Crippen LogP contribution in [0.25, 0.3) is 10.9 Å². The molecule has 1 N–H and O–H groups in total. The lowest BCUT2D eigenvalue weighted by atomic mass is 9.73. The number of fused-ring (bicyclic) bond motifs is 4. The van der Waals surface area contributed by atoms with Crippen LogP contribution in [-0.4, -0.2) is 34.1 Å². The third-order valence-electron chi connectivity index (χ3n) is 7.65. The number of phenolic OH excluding ortho intramolecular Hbond substituents is 1. The molecule has 0 amide bonds. The number of benzene rings is 2. The molecule has 3 aliphatic rings. The molecular formula is C28H26F6N2O2. The Morgan fingerprint density at radius 3 is 2.37 bits per heavy atom. The van der Waals surface area contributed by atoms with Crippen LogP contribution in [0.2, 0.25) is 0 Å². The molecule has 202 valence electrons. The summed E-state index contributed by atoms with van der Waals surface area (Å²) >= 11 is 0. The number of rotatable bonds is 6. The molecule has 3 aliphatic heterocycles. The van der Waals surface area contributed by atoms with Crippen molar-refractivity contribution in [1.82, 2.24) is 9.88 Å². The van der Waals surface area contributed by atoms with Gasteiger partial charge in [-0.05, 0) is 84.8 Å². The molecule has 0 saturated carbocycles. The zero-order chi connectivity index (χ0) is 27.2. The summed E-state index contributed by atoms with van der Waals surface area (Å²) in [4.78, 5) is 6.59. The van der Waals surface area contributed by atoms with Crippen LogP contribution < -0.4 is 0 Å². The minimum absolute atomic E-state index is 0.00962. The standard InChI is InChI=1S/C28H26F6N2O2/c1-2-17-14-36-8-6-18(17)11-25(36)26(22-5-7-35-24-4-3-21(37)13-23(22)24)38-15-16-9-19(27(29,30)31)12-20(10-16)28(32,33)34/h2-5,7,9-10,12-13,17-18,25-26,37H,1,6,8,11,14-15H2/t17?,18?,25?,26-/m0/s1. The molecule has 3 fully saturated rings. The Balaban J connectivity index is 1.54. The fourth-order valence-electron chi connectivity index (χ4n) is 5.79. The van der Waals surface area contributed by atoms with Gasteiger partial charge in [-0.25, -0.2) is 0 Å². The van der Waals surface area contributed by atoms with Crippen LogP contribution in [0.1, 0.15) is 41.2 Å². The normalized spacial score (nSPS) is 24.5. The SMILES string of the molecule is C=CC1CN2CCC1CC2[C@@H](OCc1cc(C(F)(F)F)cc(C(F)(F)F)c1)c1ccnc2ccc(O)cc12. The summed E-state index contributed by atoms with van der Waals surface area (Å²) in [5.74, 6) is 0.660. The first-order valence-corrected chi connectivity index (χ1v) is 12.3. The van der Waals surface area contributed by atoms with Crippen LogP contribution in [0, 0.1) is 11.8 Å². The van der Waals surface area contributed by atoms with Crippen molar-refractivity contribution >= 4 is 10.9 Å². The lowest BCUT2D eigenvalue weighted by Crippen LogP contribution is -2.55. The Hall–Kier alpha value is -3.11. The molecule has 0 aliphatic carbocycles. The van der Waals surface area contributed by atoms with Crippen molar-refractivity contribution < 1.29 is 36.2 Å². The molecule has 6 rings (SSSR count). The first-order valence-electron chi connectivity index (χ1n) is 12.3. The van der Waals surface area contributed by atoms with Crippen molar-refractivity contribution in [1.29, 1.82) is 0 Å². The maximum absolute atomic E-state index is 13.4. The smallest absolute Gasteiger partial charge is 0.416 e. The highest BCUT2D eigenvalue weighted by Gasteiger charge is 2.43. The molecule has 3 aromatic rings. The quantitative estimate of drug-likeness (QED) is 0.269. The van der Waals surface area contributed by atoms with E-state index in [1.165, 1.54) is 6.07 Å². The van der Waals surface area contributed by atoms with Gasteiger partial charge in [-0.1, -0.05) is 6.08 Å². The predicted molar refractivity (Wildman–Crippen MR) is 129 cm³/mol. The van der Waals surface area contributed by atoms with Crippen LogP contribution in [-0.2, 0) is 23.7 Å². The Bertz CT molecular complexity index is 1310. The summed E-state index contributed by atoms with van der Waals surface area (Å²) < 4.78 is 86.8. The van der Waals surface area contributed by atoms with E-state index in [1.54, 1.807) is 24.4 Å². The molecule has 0 spiro atoms. The van der Waals surface area contributed by atoms with E-state index in [9.17, 15) is 31.4 Å². The molecule has 2 aromatic carbocycles. The van der Waals surface area contributed by atoms with Crippen LogP contribution in [0.3, 0.4) is 0 Å². The van der Waals surface area contributed by atoms with E-state index in [1.807, 2.05) is 6.08 Å². The number of hydrogen-bond donors (Lipinski definition) is 1. The minimum atomic E-state index is -4.94. The maximum Gasteiger partial charge on any atom is 0.416 e. The minimum Gasteiger partial charge on any atom is -0.508 e. The second-order valence-corrected chi connectivity index (χ2v) is 9.99. The van der Waals surface area contributed by atoms with Crippen LogP contribution in [0.4, 0.5) is 26.3 Å². The van der Waals surface area contributed by atoms with Crippen molar-refractivity contribution in [3.05, 3.63) is 83.6 Å². The number of aromatic nitrogens is 1. The summed E-state index contributed by atoms with van der Waals surface area (Å²) in [6.45, 7) is 5.02. The number of phenols is 1. The number of aromatic hydroxyl groups is 1. The van der Waals surface area contributed by atoms with Gasteiger partial charge >= 0.3 is 12.4 Å². The van der Waals surface area contributed by atoms with Gasteiger partial charge in [0.1, 0.15) is 5.75 Å². The zero-order valence-corrected chi connectivity index (χ0v) is 20.3. The Morgan fingerprint density at radius 2 is 1.76 bits per heavy atom. The molecule has 3 saturated heterocycles. The number of halogens is 6. The third-order valence-corrected chi connectivity index (χ3v) is 7.65. The van der Waals surface area contributed by atoms with E-state index in [0.717, 1.165) is 25.9 Å². The highest BCUT2D eigenvalue weighted by Crippen LogP contribution is 2.44. The molecule has 4 heterocycles. The van der Waals surface area contributed by atoms with Crippen LogP contribution >= 0.6 is 0 Å². The topological polar surface area (TPSA) is 45.6 Å². The van der Waals surface area contributed by atoms with Crippen molar-refractivity contribution in [2.24, 2.45) is 11.8 Å². The first kappa shape index (κ1) is 26.5. The van der Waals surface area contributed by atoms with Gasteiger partial charge in [-0.2, -0.15) is 26.3 Å². The number of ether oxygens (including phenoxy) is 1. The summed E-state index contributed by atoms with van der Waals surface area (Å²) in [6.07, 6.45) is -5.34. The van der Waals surface area contributed by atoms with Gasteiger partial charge < -0.3 is 9.84 Å². The molecular weight excluding hydrogens is 510 g/mol. The van der Waals surface area contributed by atoms with E-state index < -0.39 is 36.2 Å². The molecule has 0 radical (unpaired) electrons. The second-order valence-electron chi connectivity index (χ2n) is 9.99. The fourth-order valence-corrected chi connectivity index (χ4v) is 5.79. The number of alkyl halides is 6. The zero-order valence-electron chi connectivity index (χ0n) is 20.3. The van der Waals surface area contributed by atoms with Crippen LogP contribution in [0.15, 0.2) is 61.3 Å². The van der Waals surface area contributed by atoms with Crippen molar-refractivity contribution in [3.63, 3.8) is 0 Å². The average Bonchev–Trinajstić information content (AvgIpc) is 2.88. The molecule has 2 bridgehead atoms. The number of hydrogen-bond acceptors (Lipinski definition) is 4. The van der Waals surface area contributed by atoms with Gasteiger partial charge in [-0.3, -0.25) is 9.88 Å². The highest BCUT2D eigenvalue weighted by atomic mass is 19.4. The number of pyridine rings is 1. The van der Waals surface area contributed by atoms with E-state index in [-0.39, 0.29) is 23.4 Å². The lowest BCUT2D eigenvalue weighted by Gasteiger charge is -2.51. The second kappa shape index (κ2) is 9.89. The molecule has 4 unspecified atom stereocenters. The van der Waals surface area contributed by atoms with Crippen molar-refractivity contribution in [2.75, 3.05) is 13.1 Å². The van der Waals surface area contributed by atoms with E-state index in [4.69, 9.17) is 4.74 Å². The third kappa shape index (κ3) is 5.24. The van der Waals surface area contributed by atoms with E-state index in [2.05, 4.69) is 16.5 Å². The Morgan fingerprint density at radius 1 is 1.05 bits per heavy atom. The fraction of sp³-hybridized carbons (Fsp3) is 0.393. The average molecular weight is 537 g/mol. The molecule has 4 nitrogen and oxygen atoms in total. The van der Waals surface area contributed by atoms with Crippen molar-refractivity contribution in [2.45, 2.75) is 43.9 Å². The van der Waals surface area contributed by atoms with Gasteiger partial charge in [0.2, 0.25) is 0 Å². The van der Waals surface area contributed by atoms with Gasteiger partial charge in [0.25, 0.3) is 0 Å². The molecule has 10 heteroatoms. The number of nitrogens with zero attached hydrogens (tertiary/aromatic N) is 2. The monoisotopic (exact) mass is 536 g/mol. The van der Waals surface area contributed by atoms with Gasteiger partial charge in [0.05, 0.1) is 29.4 Å². The van der Waals surface area contributed by atoms with Crippen LogP contribution in [0.5, 0.6) is 5.75 Å².